The van der Waals surface area contributed by atoms with Crippen LogP contribution in [0.3, 0.4) is 0 Å². The number of aromatic amines is 1. The second kappa shape index (κ2) is 8.49. The van der Waals surface area contributed by atoms with E-state index in [1.54, 1.807) is 10.9 Å². The largest absolute Gasteiger partial charge is 0.320 e. The Morgan fingerprint density at radius 1 is 1.03 bits per heavy atom. The van der Waals surface area contributed by atoms with Gasteiger partial charge in [-0.2, -0.15) is 0 Å². The summed E-state index contributed by atoms with van der Waals surface area (Å²) >= 11 is 0. The maximum atomic E-state index is 12.6. The van der Waals surface area contributed by atoms with E-state index in [0.717, 1.165) is 42.5 Å². The van der Waals surface area contributed by atoms with E-state index in [9.17, 15) is 9.59 Å². The van der Waals surface area contributed by atoms with Crippen molar-refractivity contribution in [1.29, 1.82) is 0 Å². The number of nitrogens with zero attached hydrogens (tertiary/aromatic N) is 1. The van der Waals surface area contributed by atoms with Crippen molar-refractivity contribution >= 4 is 11.6 Å². The summed E-state index contributed by atoms with van der Waals surface area (Å²) in [7, 11) is 0. The minimum absolute atomic E-state index is 0.187. The number of carbonyl (C=O) groups is 1. The van der Waals surface area contributed by atoms with E-state index in [4.69, 9.17) is 5.73 Å². The Hall–Kier alpha value is -3.12. The van der Waals surface area contributed by atoms with Gasteiger partial charge in [0.1, 0.15) is 5.69 Å². The summed E-state index contributed by atoms with van der Waals surface area (Å²) in [5.41, 5.74) is 8.97. The molecule has 1 amide bonds. The van der Waals surface area contributed by atoms with Crippen molar-refractivity contribution in [3.05, 3.63) is 71.1 Å². The van der Waals surface area contributed by atoms with Gasteiger partial charge >= 0.3 is 0 Å². The van der Waals surface area contributed by atoms with Gasteiger partial charge in [-0.3, -0.25) is 19.4 Å². The maximum Gasteiger partial charge on any atom is 0.288 e. The summed E-state index contributed by atoms with van der Waals surface area (Å²) in [5, 5.41) is 5.48. The molecule has 29 heavy (non-hydrogen) atoms. The van der Waals surface area contributed by atoms with Gasteiger partial charge in [0.15, 0.2) is 0 Å². The Labute approximate surface area is 169 Å². The average molecular weight is 390 g/mol. The predicted octanol–water partition coefficient (Wildman–Crippen LogP) is 3.68. The molecule has 3 aromatic rings. The Morgan fingerprint density at radius 3 is 2.52 bits per heavy atom. The first-order chi connectivity index (χ1) is 14.1. The zero-order chi connectivity index (χ0) is 20.2. The van der Waals surface area contributed by atoms with E-state index in [0.29, 0.717) is 0 Å². The molecule has 0 unspecified atom stereocenters. The highest BCUT2D eigenvalue weighted by atomic mass is 16.2. The van der Waals surface area contributed by atoms with Gasteiger partial charge in [0.05, 0.1) is 17.9 Å². The fourth-order valence-electron chi connectivity index (χ4n) is 4.01. The molecule has 0 radical (unpaired) electrons. The van der Waals surface area contributed by atoms with Crippen LogP contribution >= 0.6 is 0 Å². The second-order valence-corrected chi connectivity index (χ2v) is 7.68. The minimum atomic E-state index is -0.584. The number of hydrogen-bond acceptors (Lipinski definition) is 3. The van der Waals surface area contributed by atoms with Crippen molar-refractivity contribution in [2.24, 2.45) is 11.7 Å². The first kappa shape index (κ1) is 19.2. The molecule has 0 aliphatic heterocycles. The summed E-state index contributed by atoms with van der Waals surface area (Å²) in [4.78, 5) is 24.9. The molecule has 0 spiro atoms. The van der Waals surface area contributed by atoms with Gasteiger partial charge < -0.3 is 11.1 Å². The smallest absolute Gasteiger partial charge is 0.288 e. The highest BCUT2D eigenvalue weighted by molar-refractivity contribution is 5.94. The van der Waals surface area contributed by atoms with Crippen LogP contribution in [-0.2, 0) is 4.79 Å². The second-order valence-electron chi connectivity index (χ2n) is 7.68. The molecule has 1 aliphatic carbocycles. The topological polar surface area (TPSA) is 92.9 Å². The lowest BCUT2D eigenvalue weighted by atomic mass is 9.84. The van der Waals surface area contributed by atoms with E-state index in [1.165, 1.54) is 6.42 Å². The summed E-state index contributed by atoms with van der Waals surface area (Å²) in [5.74, 6) is -0.106. The molecule has 1 atom stereocenters. The van der Waals surface area contributed by atoms with Gasteiger partial charge in [0.2, 0.25) is 5.91 Å². The van der Waals surface area contributed by atoms with E-state index < -0.39 is 6.04 Å². The van der Waals surface area contributed by atoms with Gasteiger partial charge in [-0.25, -0.2) is 0 Å². The van der Waals surface area contributed by atoms with Gasteiger partial charge in [0.25, 0.3) is 5.56 Å². The third-order valence-corrected chi connectivity index (χ3v) is 5.67. The van der Waals surface area contributed by atoms with Gasteiger partial charge in [-0.15, -0.1) is 0 Å². The number of anilines is 1. The standard InChI is InChI=1S/C23H26N4O2/c24-21(17-10-5-2-6-11-17)23(29)25-20-15-27(26-22(20)28)19-13-7-12-18(14-19)16-8-3-1-4-9-16/h1,3-4,7-9,12-15,17,21H,2,5-6,10-11,24H2,(H,25,29)(H,26,28)/t21-/m0/s1. The minimum Gasteiger partial charge on any atom is -0.320 e. The number of nitrogens with one attached hydrogen (secondary N) is 2. The van der Waals surface area contributed by atoms with Crippen LogP contribution in [0.25, 0.3) is 16.8 Å². The van der Waals surface area contributed by atoms with E-state index in [1.807, 2.05) is 54.6 Å². The maximum absolute atomic E-state index is 12.6. The van der Waals surface area contributed by atoms with Crippen molar-refractivity contribution in [3.8, 4) is 16.8 Å². The molecule has 1 saturated carbocycles. The van der Waals surface area contributed by atoms with Crippen LogP contribution in [0, 0.1) is 5.92 Å². The molecule has 2 aromatic carbocycles. The highest BCUT2D eigenvalue weighted by Gasteiger charge is 2.26. The van der Waals surface area contributed by atoms with Crippen molar-refractivity contribution in [2.75, 3.05) is 5.32 Å². The molecule has 150 valence electrons. The van der Waals surface area contributed by atoms with Crippen LogP contribution in [0.2, 0.25) is 0 Å². The Balaban J connectivity index is 1.52. The monoisotopic (exact) mass is 390 g/mol. The number of rotatable bonds is 5. The van der Waals surface area contributed by atoms with Crippen LogP contribution in [0.4, 0.5) is 5.69 Å². The molecule has 1 aliphatic rings. The summed E-state index contributed by atoms with van der Waals surface area (Å²) < 4.78 is 1.62. The first-order valence-corrected chi connectivity index (χ1v) is 10.2. The van der Waals surface area contributed by atoms with E-state index in [-0.39, 0.29) is 23.1 Å². The molecule has 4 N–H and O–H groups in total. The summed E-state index contributed by atoms with van der Waals surface area (Å²) in [6, 6.07) is 17.3. The van der Waals surface area contributed by atoms with E-state index >= 15 is 0 Å². The highest BCUT2D eigenvalue weighted by Crippen LogP contribution is 2.26. The van der Waals surface area contributed by atoms with Crippen molar-refractivity contribution in [1.82, 2.24) is 9.78 Å². The Kier molecular flexibility index (Phi) is 5.62. The Morgan fingerprint density at radius 2 is 1.76 bits per heavy atom. The van der Waals surface area contributed by atoms with Crippen molar-refractivity contribution in [3.63, 3.8) is 0 Å². The molecule has 4 rings (SSSR count). The lowest BCUT2D eigenvalue weighted by molar-refractivity contribution is -0.118. The van der Waals surface area contributed by atoms with Crippen LogP contribution < -0.4 is 16.6 Å². The molecule has 1 heterocycles. The normalized spacial score (nSPS) is 15.8. The number of nitrogens with two attached hydrogens (primary N) is 1. The molecule has 0 bridgehead atoms. The van der Waals surface area contributed by atoms with Crippen LogP contribution in [0.15, 0.2) is 65.6 Å². The summed E-state index contributed by atoms with van der Waals surface area (Å²) in [6.45, 7) is 0. The molecule has 1 fully saturated rings. The van der Waals surface area contributed by atoms with Crippen LogP contribution in [0.5, 0.6) is 0 Å². The molecular weight excluding hydrogens is 364 g/mol. The van der Waals surface area contributed by atoms with Crippen molar-refractivity contribution < 1.29 is 4.79 Å². The zero-order valence-electron chi connectivity index (χ0n) is 16.3. The number of carbonyl (C=O) groups excluding carboxylic acids is 1. The SMILES string of the molecule is N[C@H](C(=O)Nc1cn(-c2cccc(-c3ccccc3)c2)[nH]c1=O)C1CCCCC1. The fraction of sp³-hybridized carbons (Fsp3) is 0.304. The lowest BCUT2D eigenvalue weighted by Crippen LogP contribution is -2.43. The fourth-order valence-corrected chi connectivity index (χ4v) is 4.01. The number of amides is 1. The predicted molar refractivity (Wildman–Crippen MR) is 115 cm³/mol. The van der Waals surface area contributed by atoms with Crippen molar-refractivity contribution in [2.45, 2.75) is 38.1 Å². The number of H-pyrrole nitrogens is 1. The molecule has 1 aromatic heterocycles. The molecular formula is C23H26N4O2. The van der Waals surface area contributed by atoms with Crippen LogP contribution in [0.1, 0.15) is 32.1 Å². The molecule has 6 nitrogen and oxygen atoms in total. The first-order valence-electron chi connectivity index (χ1n) is 10.2. The lowest BCUT2D eigenvalue weighted by Gasteiger charge is -2.26. The van der Waals surface area contributed by atoms with E-state index in [2.05, 4.69) is 10.4 Å². The number of aromatic nitrogens is 2. The number of hydrogen-bond donors (Lipinski definition) is 3. The molecule has 0 saturated heterocycles. The summed E-state index contributed by atoms with van der Waals surface area (Å²) in [6.07, 6.45) is 6.98. The van der Waals surface area contributed by atoms with Gasteiger partial charge in [-0.1, -0.05) is 61.7 Å². The average Bonchev–Trinajstić information content (AvgIpc) is 3.14. The molecule has 6 heteroatoms. The zero-order valence-corrected chi connectivity index (χ0v) is 16.3. The Bertz CT molecular complexity index is 1030. The third-order valence-electron chi connectivity index (χ3n) is 5.67. The van der Waals surface area contributed by atoms with Gasteiger partial charge in [-0.05, 0) is 42.0 Å². The number of benzene rings is 2. The third kappa shape index (κ3) is 4.32. The quantitative estimate of drug-likeness (QED) is 0.620. The van der Waals surface area contributed by atoms with Gasteiger partial charge in [0, 0.05) is 0 Å². The van der Waals surface area contributed by atoms with Crippen LogP contribution in [-0.4, -0.2) is 21.7 Å².